The average molecular weight is 339 g/mol. The molecule has 0 heterocycles. The van der Waals surface area contributed by atoms with Gasteiger partial charge in [-0.1, -0.05) is 18.2 Å². The fourth-order valence-corrected chi connectivity index (χ4v) is 1.95. The van der Waals surface area contributed by atoms with Gasteiger partial charge in [-0.2, -0.15) is 0 Å². The summed E-state index contributed by atoms with van der Waals surface area (Å²) in [6.07, 6.45) is 0.834. The molecule has 0 saturated carbocycles. The molecule has 0 aliphatic carbocycles. The zero-order valence-electron chi connectivity index (χ0n) is 9.40. The van der Waals surface area contributed by atoms with Gasteiger partial charge in [0.15, 0.2) is 0 Å². The van der Waals surface area contributed by atoms with Crippen molar-refractivity contribution in [1.29, 1.82) is 0 Å². The summed E-state index contributed by atoms with van der Waals surface area (Å²) in [5.41, 5.74) is 6.73. The summed E-state index contributed by atoms with van der Waals surface area (Å²) in [4.78, 5) is 0. The molecule has 2 N–H and O–H groups in total. The minimum Gasteiger partial charge on any atom is -0.457 e. The van der Waals surface area contributed by atoms with Crippen LogP contribution in [0, 0.1) is 3.57 Å². The number of nitrogens with two attached hydrogens (primary N) is 1. The van der Waals surface area contributed by atoms with Crippen LogP contribution in [0.15, 0.2) is 48.5 Å². The van der Waals surface area contributed by atoms with Gasteiger partial charge in [-0.15, -0.1) is 0 Å². The molecule has 88 valence electrons. The van der Waals surface area contributed by atoms with Crippen molar-refractivity contribution >= 4 is 22.6 Å². The van der Waals surface area contributed by atoms with Gasteiger partial charge in [0.05, 0.1) is 0 Å². The first-order chi connectivity index (χ1) is 8.29. The van der Waals surface area contributed by atoms with Gasteiger partial charge in [0.25, 0.3) is 0 Å². The van der Waals surface area contributed by atoms with Crippen molar-refractivity contribution in [2.75, 3.05) is 6.54 Å². The standard InChI is InChI=1S/C14H14INO/c15-12-5-7-13(8-6-12)17-14-4-2-1-3-11(14)9-10-16/h1-8H,9-10,16H2. The topological polar surface area (TPSA) is 35.2 Å². The number of rotatable bonds is 4. The number of ether oxygens (including phenoxy) is 1. The summed E-state index contributed by atoms with van der Waals surface area (Å²) in [6.45, 7) is 0.632. The first-order valence-corrected chi connectivity index (χ1v) is 6.59. The maximum atomic E-state index is 5.86. The molecule has 0 aromatic heterocycles. The summed E-state index contributed by atoms with van der Waals surface area (Å²) in [7, 11) is 0. The van der Waals surface area contributed by atoms with E-state index in [1.807, 2.05) is 42.5 Å². The van der Waals surface area contributed by atoms with E-state index in [4.69, 9.17) is 10.5 Å². The molecular weight excluding hydrogens is 325 g/mol. The Balaban J connectivity index is 2.20. The maximum absolute atomic E-state index is 5.86. The quantitative estimate of drug-likeness (QED) is 0.864. The molecule has 0 saturated heterocycles. The van der Waals surface area contributed by atoms with Crippen LogP contribution in [-0.2, 0) is 6.42 Å². The van der Waals surface area contributed by atoms with Gasteiger partial charge in [-0.3, -0.25) is 0 Å². The van der Waals surface area contributed by atoms with Crippen LogP contribution in [0.25, 0.3) is 0 Å². The second-order valence-corrected chi connectivity index (χ2v) is 4.95. The average Bonchev–Trinajstić information content (AvgIpc) is 2.35. The SMILES string of the molecule is NCCc1ccccc1Oc1ccc(I)cc1. The van der Waals surface area contributed by atoms with Crippen molar-refractivity contribution in [2.45, 2.75) is 6.42 Å². The molecule has 2 nitrogen and oxygen atoms in total. The molecule has 0 atom stereocenters. The molecule has 0 spiro atoms. The molecule has 0 aliphatic heterocycles. The van der Waals surface area contributed by atoms with Gasteiger partial charge in [0.1, 0.15) is 11.5 Å². The summed E-state index contributed by atoms with van der Waals surface area (Å²) < 4.78 is 7.06. The highest BCUT2D eigenvalue weighted by Crippen LogP contribution is 2.25. The number of halogens is 1. The van der Waals surface area contributed by atoms with E-state index in [1.165, 1.54) is 3.57 Å². The van der Waals surface area contributed by atoms with E-state index in [-0.39, 0.29) is 0 Å². The number of hydrogen-bond donors (Lipinski definition) is 1. The largest absolute Gasteiger partial charge is 0.457 e. The number of benzene rings is 2. The van der Waals surface area contributed by atoms with Gasteiger partial charge in [0.2, 0.25) is 0 Å². The smallest absolute Gasteiger partial charge is 0.130 e. The Morgan fingerprint density at radius 2 is 1.71 bits per heavy atom. The lowest BCUT2D eigenvalue weighted by Gasteiger charge is -2.10. The van der Waals surface area contributed by atoms with Crippen molar-refractivity contribution in [3.05, 3.63) is 57.7 Å². The molecule has 2 aromatic carbocycles. The normalized spacial score (nSPS) is 10.2. The molecule has 3 heteroatoms. The molecule has 0 aliphatic rings. The van der Waals surface area contributed by atoms with Gasteiger partial charge >= 0.3 is 0 Å². The Morgan fingerprint density at radius 1 is 1.00 bits per heavy atom. The monoisotopic (exact) mass is 339 g/mol. The molecule has 17 heavy (non-hydrogen) atoms. The van der Waals surface area contributed by atoms with Gasteiger partial charge in [-0.25, -0.2) is 0 Å². The fourth-order valence-electron chi connectivity index (χ4n) is 1.60. The maximum Gasteiger partial charge on any atom is 0.130 e. The van der Waals surface area contributed by atoms with Crippen LogP contribution in [0.5, 0.6) is 11.5 Å². The van der Waals surface area contributed by atoms with Crippen LogP contribution >= 0.6 is 22.6 Å². The van der Waals surface area contributed by atoms with Crippen molar-refractivity contribution in [3.63, 3.8) is 0 Å². The van der Waals surface area contributed by atoms with Crippen LogP contribution in [0.1, 0.15) is 5.56 Å². The molecule has 0 radical (unpaired) electrons. The Kier molecular flexibility index (Phi) is 4.39. The Labute approximate surface area is 115 Å². The molecule has 0 amide bonds. The van der Waals surface area contributed by atoms with E-state index >= 15 is 0 Å². The van der Waals surface area contributed by atoms with E-state index in [0.717, 1.165) is 23.5 Å². The Bertz CT molecular complexity index is 482. The van der Waals surface area contributed by atoms with E-state index in [1.54, 1.807) is 0 Å². The van der Waals surface area contributed by atoms with E-state index < -0.39 is 0 Å². The highest BCUT2D eigenvalue weighted by molar-refractivity contribution is 14.1. The molecule has 0 bridgehead atoms. The number of hydrogen-bond acceptors (Lipinski definition) is 2. The van der Waals surface area contributed by atoms with E-state index in [9.17, 15) is 0 Å². The summed E-state index contributed by atoms with van der Waals surface area (Å²) >= 11 is 2.28. The zero-order chi connectivity index (χ0) is 12.1. The first kappa shape index (κ1) is 12.4. The predicted octanol–water partition coefficient (Wildman–Crippen LogP) is 3.58. The minimum atomic E-state index is 0.632. The van der Waals surface area contributed by atoms with Gasteiger partial charge in [0, 0.05) is 3.57 Å². The van der Waals surface area contributed by atoms with Gasteiger partial charge < -0.3 is 10.5 Å². The third-order valence-corrected chi connectivity index (χ3v) is 3.15. The summed E-state index contributed by atoms with van der Waals surface area (Å²) in [6, 6.07) is 16.0. The highest BCUT2D eigenvalue weighted by atomic mass is 127. The second kappa shape index (κ2) is 6.02. The van der Waals surface area contributed by atoms with E-state index in [0.29, 0.717) is 6.54 Å². The van der Waals surface area contributed by atoms with Crippen molar-refractivity contribution in [2.24, 2.45) is 5.73 Å². The lowest BCUT2D eigenvalue weighted by atomic mass is 10.1. The van der Waals surface area contributed by atoms with Crippen LogP contribution in [0.4, 0.5) is 0 Å². The Morgan fingerprint density at radius 3 is 2.41 bits per heavy atom. The van der Waals surface area contributed by atoms with Crippen LogP contribution in [0.3, 0.4) is 0 Å². The molecule has 0 fully saturated rings. The zero-order valence-corrected chi connectivity index (χ0v) is 11.6. The summed E-state index contributed by atoms with van der Waals surface area (Å²) in [5.74, 6) is 1.74. The third-order valence-electron chi connectivity index (χ3n) is 2.43. The molecular formula is C14H14INO. The second-order valence-electron chi connectivity index (χ2n) is 3.70. The third kappa shape index (κ3) is 3.44. The van der Waals surface area contributed by atoms with Gasteiger partial charge in [-0.05, 0) is 71.5 Å². The fraction of sp³-hybridized carbons (Fsp3) is 0.143. The van der Waals surface area contributed by atoms with Crippen molar-refractivity contribution < 1.29 is 4.74 Å². The Hall–Kier alpha value is -1.07. The minimum absolute atomic E-state index is 0.632. The summed E-state index contributed by atoms with van der Waals surface area (Å²) in [5, 5.41) is 0. The number of para-hydroxylation sites is 1. The first-order valence-electron chi connectivity index (χ1n) is 5.51. The molecule has 2 rings (SSSR count). The highest BCUT2D eigenvalue weighted by Gasteiger charge is 2.03. The predicted molar refractivity (Wildman–Crippen MR) is 78.4 cm³/mol. The van der Waals surface area contributed by atoms with Crippen LogP contribution in [0.2, 0.25) is 0 Å². The lowest BCUT2D eigenvalue weighted by Crippen LogP contribution is -2.03. The van der Waals surface area contributed by atoms with Crippen LogP contribution < -0.4 is 10.5 Å². The van der Waals surface area contributed by atoms with Crippen molar-refractivity contribution in [3.8, 4) is 11.5 Å². The molecule has 2 aromatic rings. The lowest BCUT2D eigenvalue weighted by molar-refractivity contribution is 0.476. The van der Waals surface area contributed by atoms with Crippen LogP contribution in [-0.4, -0.2) is 6.54 Å². The molecule has 0 unspecified atom stereocenters. The van der Waals surface area contributed by atoms with E-state index in [2.05, 4.69) is 28.7 Å². The van der Waals surface area contributed by atoms with Crippen molar-refractivity contribution in [1.82, 2.24) is 0 Å².